The minimum Gasteiger partial charge on any atom is -0.351 e. The van der Waals surface area contributed by atoms with Crippen LogP contribution < -0.4 is 16.0 Å². The van der Waals surface area contributed by atoms with E-state index >= 15 is 0 Å². The van der Waals surface area contributed by atoms with Crippen molar-refractivity contribution in [2.45, 2.75) is 76.8 Å². The highest BCUT2D eigenvalue weighted by molar-refractivity contribution is 5.91. The summed E-state index contributed by atoms with van der Waals surface area (Å²) in [5.41, 5.74) is 5.13. The quantitative estimate of drug-likeness (QED) is 0.278. The van der Waals surface area contributed by atoms with Crippen LogP contribution in [0.3, 0.4) is 0 Å². The number of fused-ring (bicyclic) bond motifs is 2. The number of likely N-dealkylation sites (tertiary alicyclic amines) is 1. The smallest absolute Gasteiger partial charge is 0.351 e. The van der Waals surface area contributed by atoms with Crippen molar-refractivity contribution in [3.05, 3.63) is 59.3 Å². The molecule has 1 aromatic heterocycles. The summed E-state index contributed by atoms with van der Waals surface area (Å²) in [6, 6.07) is 11.3. The number of para-hydroxylation sites is 1. The summed E-state index contributed by atoms with van der Waals surface area (Å²) < 4.78 is 0. The van der Waals surface area contributed by atoms with E-state index in [2.05, 4.69) is 51.3 Å². The number of carbonyl (C=O) groups is 3. The van der Waals surface area contributed by atoms with Crippen LogP contribution in [0.15, 0.2) is 42.6 Å². The van der Waals surface area contributed by atoms with Crippen molar-refractivity contribution in [1.29, 1.82) is 0 Å². The molecule has 0 spiro atoms. The molecule has 12 nitrogen and oxygen atoms in total. The van der Waals surface area contributed by atoms with Crippen molar-refractivity contribution in [3.63, 3.8) is 0 Å². The zero-order valence-corrected chi connectivity index (χ0v) is 28.6. The number of aromatic amines is 1. The Bertz CT molecular complexity index is 1620. The molecule has 3 aromatic rings. The molecule has 0 saturated carbocycles. The molecule has 262 valence electrons. The highest BCUT2D eigenvalue weighted by Gasteiger charge is 2.35. The predicted octanol–water partition coefficient (Wildman–Crippen LogP) is 4.47. The Labute approximate surface area is 288 Å². The minimum atomic E-state index is -0.753. The van der Waals surface area contributed by atoms with Gasteiger partial charge in [-0.25, -0.2) is 9.59 Å². The van der Waals surface area contributed by atoms with Crippen LogP contribution in [0.2, 0.25) is 0 Å². The Morgan fingerprint density at radius 3 is 2.51 bits per heavy atom. The third-order valence-corrected chi connectivity index (χ3v) is 11.2. The number of urea groups is 1. The number of piperidine rings is 3. The average molecular weight is 671 g/mol. The van der Waals surface area contributed by atoms with E-state index in [1.165, 1.54) is 12.8 Å². The molecule has 0 aliphatic carbocycles. The predicted molar refractivity (Wildman–Crippen MR) is 188 cm³/mol. The van der Waals surface area contributed by atoms with Gasteiger partial charge < -0.3 is 30.6 Å². The van der Waals surface area contributed by atoms with E-state index in [0.29, 0.717) is 57.9 Å². The van der Waals surface area contributed by atoms with E-state index in [9.17, 15) is 14.4 Å². The number of carbonyl (C=O) groups excluding carboxylic acids is 3. The molecular weight excluding hydrogens is 620 g/mol. The van der Waals surface area contributed by atoms with Crippen molar-refractivity contribution in [2.24, 2.45) is 11.8 Å². The topological polar surface area (TPSA) is 135 Å². The molecule has 1 unspecified atom stereocenters. The van der Waals surface area contributed by atoms with Crippen molar-refractivity contribution < 1.29 is 19.2 Å². The van der Waals surface area contributed by atoms with E-state index in [1.54, 1.807) is 11.3 Å². The molecule has 0 bridgehead atoms. The number of hydroxylamine groups is 2. The van der Waals surface area contributed by atoms with Gasteiger partial charge in [0, 0.05) is 56.3 Å². The molecular formula is C37H50N8O4. The fourth-order valence-corrected chi connectivity index (χ4v) is 8.43. The Morgan fingerprint density at radius 2 is 1.73 bits per heavy atom. The first kappa shape index (κ1) is 33.3. The molecule has 3 fully saturated rings. The van der Waals surface area contributed by atoms with Gasteiger partial charge in [0.05, 0.1) is 11.7 Å². The monoisotopic (exact) mass is 670 g/mol. The first-order chi connectivity index (χ1) is 23.9. The number of nitrogens with zero attached hydrogens (tertiary/aromatic N) is 4. The highest BCUT2D eigenvalue weighted by atomic mass is 16.7. The second kappa shape index (κ2) is 15.2. The van der Waals surface area contributed by atoms with E-state index in [1.807, 2.05) is 28.0 Å². The van der Waals surface area contributed by atoms with Gasteiger partial charge in [0.15, 0.2) is 0 Å². The van der Waals surface area contributed by atoms with Crippen molar-refractivity contribution in [2.75, 3.05) is 51.1 Å². The van der Waals surface area contributed by atoms with Gasteiger partial charge in [-0.3, -0.25) is 9.89 Å². The van der Waals surface area contributed by atoms with Crippen molar-refractivity contribution in [1.82, 2.24) is 35.7 Å². The zero-order chi connectivity index (χ0) is 33.7. The van der Waals surface area contributed by atoms with E-state index in [0.717, 1.165) is 78.0 Å². The van der Waals surface area contributed by atoms with Gasteiger partial charge in [-0.15, -0.1) is 5.06 Å². The lowest BCUT2D eigenvalue weighted by Crippen LogP contribution is -2.54. The first-order valence-corrected chi connectivity index (χ1v) is 18.3. The number of amides is 4. The Kier molecular flexibility index (Phi) is 10.3. The average Bonchev–Trinajstić information content (AvgIpc) is 3.54. The van der Waals surface area contributed by atoms with E-state index in [-0.39, 0.29) is 18.0 Å². The molecule has 12 heteroatoms. The second-order valence-electron chi connectivity index (χ2n) is 14.2. The summed E-state index contributed by atoms with van der Waals surface area (Å²) >= 11 is 0. The van der Waals surface area contributed by atoms with Crippen molar-refractivity contribution >= 4 is 34.6 Å². The lowest BCUT2D eigenvalue weighted by molar-refractivity contribution is -0.137. The molecule has 7 rings (SSSR count). The van der Waals surface area contributed by atoms with Crippen molar-refractivity contribution in [3.8, 4) is 0 Å². The maximum Gasteiger partial charge on any atom is 0.426 e. The van der Waals surface area contributed by atoms with E-state index in [4.69, 9.17) is 4.84 Å². The third-order valence-electron chi connectivity index (χ3n) is 11.2. The van der Waals surface area contributed by atoms with Crippen LogP contribution >= 0.6 is 0 Å². The van der Waals surface area contributed by atoms with Gasteiger partial charge in [0.2, 0.25) is 5.91 Å². The number of rotatable bonds is 8. The maximum absolute atomic E-state index is 14.1. The number of aromatic nitrogens is 2. The summed E-state index contributed by atoms with van der Waals surface area (Å²) in [6.45, 7) is 7.36. The SMILES string of the molecule is CCc1cc(CC(NC(=O)ON2CCC(N3CCc4ccccc4NC3=O)CC2)C(=O)N2CCC(C3CCNCC3)CC2)cc2cn[nH]c12. The Hall–Kier alpha value is -4.16. The van der Waals surface area contributed by atoms with Gasteiger partial charge in [-0.1, -0.05) is 31.2 Å². The molecule has 4 aliphatic rings. The van der Waals surface area contributed by atoms with Crippen LogP contribution in [0.25, 0.3) is 10.9 Å². The fraction of sp³-hybridized carbons (Fsp3) is 0.568. The molecule has 2 aromatic carbocycles. The largest absolute Gasteiger partial charge is 0.426 e. The minimum absolute atomic E-state index is 0.0575. The molecule has 49 heavy (non-hydrogen) atoms. The van der Waals surface area contributed by atoms with Crippen LogP contribution in [0.4, 0.5) is 15.3 Å². The van der Waals surface area contributed by atoms with Gasteiger partial charge in [0.1, 0.15) is 6.04 Å². The summed E-state index contributed by atoms with van der Waals surface area (Å²) in [5.74, 6) is 1.32. The number of hydrogen-bond donors (Lipinski definition) is 4. The lowest BCUT2D eigenvalue weighted by atomic mass is 9.79. The number of benzene rings is 2. The summed E-state index contributed by atoms with van der Waals surface area (Å²) in [5, 5.41) is 19.5. The van der Waals surface area contributed by atoms with Crippen LogP contribution in [-0.2, 0) is 28.9 Å². The molecule has 4 aliphatic heterocycles. The van der Waals surface area contributed by atoms with Crippen LogP contribution in [0.1, 0.15) is 62.1 Å². The normalized spacial score (nSPS) is 20.8. The molecule has 4 amide bonds. The number of hydrogen-bond acceptors (Lipinski definition) is 7. The highest BCUT2D eigenvalue weighted by Crippen LogP contribution is 2.31. The lowest BCUT2D eigenvalue weighted by Gasteiger charge is -2.39. The molecule has 1 atom stereocenters. The Morgan fingerprint density at radius 1 is 0.980 bits per heavy atom. The molecule has 4 N–H and O–H groups in total. The first-order valence-electron chi connectivity index (χ1n) is 18.3. The molecule has 0 radical (unpaired) electrons. The van der Waals surface area contributed by atoms with Crippen LogP contribution in [0, 0.1) is 11.8 Å². The van der Waals surface area contributed by atoms with Gasteiger partial charge in [-0.2, -0.15) is 5.10 Å². The summed E-state index contributed by atoms with van der Waals surface area (Å²) in [4.78, 5) is 50.3. The molecule has 3 saturated heterocycles. The number of H-pyrrole nitrogens is 1. The Balaban J connectivity index is 0.978. The van der Waals surface area contributed by atoms with Gasteiger partial charge >= 0.3 is 12.1 Å². The van der Waals surface area contributed by atoms with Gasteiger partial charge in [0.25, 0.3) is 0 Å². The summed E-state index contributed by atoms with van der Waals surface area (Å²) in [7, 11) is 0. The third kappa shape index (κ3) is 7.70. The van der Waals surface area contributed by atoms with Gasteiger partial charge in [-0.05, 0) is 105 Å². The van der Waals surface area contributed by atoms with E-state index < -0.39 is 12.1 Å². The van der Waals surface area contributed by atoms with Crippen LogP contribution in [-0.4, -0.2) is 101 Å². The maximum atomic E-state index is 14.1. The zero-order valence-electron chi connectivity index (χ0n) is 28.6. The standard InChI is InChI=1S/C37H50N8O4/c1-2-26-21-25(22-30-24-39-42-34(26)30)23-33(35(46)43-16-9-28(10-17-43)27-7-14-38-15-8-27)41-37(48)49-44-18-12-31(13-19-44)45-20-11-29-5-3-4-6-32(29)40-36(45)47/h3-6,21-22,24,27-28,31,33,38H,2,7-20,23H2,1H3,(H,39,42)(H,40,47)(H,41,48). The summed E-state index contributed by atoms with van der Waals surface area (Å²) in [6.07, 6.45) is 8.98. The number of aryl methyl sites for hydroxylation is 1. The fourth-order valence-electron chi connectivity index (χ4n) is 8.43. The number of nitrogens with one attached hydrogen (secondary N) is 4. The molecule has 5 heterocycles. The second-order valence-corrected chi connectivity index (χ2v) is 14.2. The number of anilines is 1. The van der Waals surface area contributed by atoms with Crippen LogP contribution in [0.5, 0.6) is 0 Å².